The number of amides is 1. The van der Waals surface area contributed by atoms with Crippen LogP contribution in [0.25, 0.3) is 0 Å². The van der Waals surface area contributed by atoms with E-state index in [1.807, 2.05) is 60.4 Å². The summed E-state index contributed by atoms with van der Waals surface area (Å²) in [6.45, 7) is 5.10. The Kier molecular flexibility index (Phi) is 5.53. The van der Waals surface area contributed by atoms with E-state index in [0.717, 1.165) is 18.5 Å². The van der Waals surface area contributed by atoms with E-state index < -0.39 is 6.10 Å². The second kappa shape index (κ2) is 8.01. The maximum Gasteiger partial charge on any atom is 0.263 e. The van der Waals surface area contributed by atoms with Crippen molar-refractivity contribution in [1.29, 1.82) is 0 Å². The SMILES string of the molecule is Cc1cccc(OC2CCN(C(=O)[C@@H](C)Oc3ccccc3)CC2)n1. The highest BCUT2D eigenvalue weighted by molar-refractivity contribution is 5.81. The lowest BCUT2D eigenvalue weighted by molar-refractivity contribution is -0.139. The van der Waals surface area contributed by atoms with Gasteiger partial charge in [0.05, 0.1) is 0 Å². The molecule has 0 aliphatic carbocycles. The number of hydrogen-bond acceptors (Lipinski definition) is 4. The van der Waals surface area contributed by atoms with Crippen molar-refractivity contribution < 1.29 is 14.3 Å². The predicted octanol–water partition coefficient (Wildman–Crippen LogP) is 3.23. The Labute approximate surface area is 148 Å². The molecule has 1 fully saturated rings. The monoisotopic (exact) mass is 340 g/mol. The van der Waals surface area contributed by atoms with Gasteiger partial charge in [0, 0.05) is 37.7 Å². The molecular formula is C20H24N2O3. The second-order valence-corrected chi connectivity index (χ2v) is 6.33. The van der Waals surface area contributed by atoms with Gasteiger partial charge in [-0.3, -0.25) is 4.79 Å². The van der Waals surface area contributed by atoms with Gasteiger partial charge in [0.25, 0.3) is 5.91 Å². The van der Waals surface area contributed by atoms with Gasteiger partial charge in [-0.15, -0.1) is 0 Å². The number of hydrogen-bond donors (Lipinski definition) is 0. The fraction of sp³-hybridized carbons (Fsp3) is 0.400. The van der Waals surface area contributed by atoms with E-state index in [2.05, 4.69) is 4.98 Å². The van der Waals surface area contributed by atoms with Crippen LogP contribution in [0.3, 0.4) is 0 Å². The summed E-state index contributed by atoms with van der Waals surface area (Å²) in [6.07, 6.45) is 1.22. The number of piperidine rings is 1. The average Bonchev–Trinajstić information content (AvgIpc) is 2.62. The van der Waals surface area contributed by atoms with E-state index >= 15 is 0 Å². The van der Waals surface area contributed by atoms with E-state index in [0.29, 0.717) is 24.7 Å². The summed E-state index contributed by atoms with van der Waals surface area (Å²) in [5, 5.41) is 0. The molecule has 0 N–H and O–H groups in total. The summed E-state index contributed by atoms with van der Waals surface area (Å²) in [7, 11) is 0. The van der Waals surface area contributed by atoms with E-state index in [1.54, 1.807) is 6.92 Å². The largest absolute Gasteiger partial charge is 0.481 e. The molecule has 132 valence electrons. The van der Waals surface area contributed by atoms with Gasteiger partial charge in [0.15, 0.2) is 6.10 Å². The Balaban J connectivity index is 1.49. The van der Waals surface area contributed by atoms with Gasteiger partial charge in [-0.1, -0.05) is 24.3 Å². The summed E-state index contributed by atoms with van der Waals surface area (Å²) in [5.41, 5.74) is 0.942. The lowest BCUT2D eigenvalue weighted by atomic mass is 10.1. The summed E-state index contributed by atoms with van der Waals surface area (Å²) in [6, 6.07) is 15.2. The molecule has 0 spiro atoms. The second-order valence-electron chi connectivity index (χ2n) is 6.33. The molecule has 0 unspecified atom stereocenters. The summed E-state index contributed by atoms with van der Waals surface area (Å²) >= 11 is 0. The van der Waals surface area contributed by atoms with Crippen molar-refractivity contribution >= 4 is 5.91 Å². The smallest absolute Gasteiger partial charge is 0.263 e. The minimum absolute atomic E-state index is 0.0241. The zero-order chi connectivity index (χ0) is 17.6. The molecule has 3 rings (SSSR count). The normalized spacial score (nSPS) is 16.3. The van der Waals surface area contributed by atoms with Gasteiger partial charge >= 0.3 is 0 Å². The Morgan fingerprint density at radius 3 is 2.52 bits per heavy atom. The first-order valence-corrected chi connectivity index (χ1v) is 8.72. The maximum atomic E-state index is 12.6. The molecule has 1 saturated heterocycles. The van der Waals surface area contributed by atoms with Crippen LogP contribution in [0.1, 0.15) is 25.5 Å². The van der Waals surface area contributed by atoms with Crippen molar-refractivity contribution in [3.8, 4) is 11.6 Å². The predicted molar refractivity (Wildman–Crippen MR) is 95.7 cm³/mol. The van der Waals surface area contributed by atoms with Crippen LogP contribution >= 0.6 is 0 Å². The molecule has 1 aliphatic heterocycles. The topological polar surface area (TPSA) is 51.7 Å². The van der Waals surface area contributed by atoms with Crippen LogP contribution in [0.2, 0.25) is 0 Å². The number of aryl methyl sites for hydroxylation is 1. The number of rotatable bonds is 5. The van der Waals surface area contributed by atoms with E-state index in [4.69, 9.17) is 9.47 Å². The number of likely N-dealkylation sites (tertiary alicyclic amines) is 1. The fourth-order valence-electron chi connectivity index (χ4n) is 2.96. The van der Waals surface area contributed by atoms with Crippen molar-refractivity contribution in [2.75, 3.05) is 13.1 Å². The van der Waals surface area contributed by atoms with Crippen LogP contribution in [0, 0.1) is 6.92 Å². The zero-order valence-electron chi connectivity index (χ0n) is 14.7. The molecule has 0 saturated carbocycles. The third-order valence-electron chi connectivity index (χ3n) is 4.31. The third-order valence-corrected chi connectivity index (χ3v) is 4.31. The molecule has 1 atom stereocenters. The number of nitrogens with zero attached hydrogens (tertiary/aromatic N) is 2. The summed E-state index contributed by atoms with van der Waals surface area (Å²) < 4.78 is 11.7. The maximum absolute atomic E-state index is 12.6. The molecule has 5 nitrogen and oxygen atoms in total. The zero-order valence-corrected chi connectivity index (χ0v) is 14.7. The summed E-state index contributed by atoms with van der Waals surface area (Å²) in [5.74, 6) is 1.40. The number of carbonyl (C=O) groups excluding carboxylic acids is 1. The molecule has 25 heavy (non-hydrogen) atoms. The van der Waals surface area contributed by atoms with Gasteiger partial charge in [-0.25, -0.2) is 4.98 Å². The van der Waals surface area contributed by atoms with Gasteiger partial charge in [-0.2, -0.15) is 0 Å². The Morgan fingerprint density at radius 2 is 1.84 bits per heavy atom. The molecule has 1 aliphatic rings. The van der Waals surface area contributed by atoms with Crippen LogP contribution in [-0.4, -0.2) is 41.1 Å². The lowest BCUT2D eigenvalue weighted by Crippen LogP contribution is -2.46. The van der Waals surface area contributed by atoms with Crippen LogP contribution in [0.5, 0.6) is 11.6 Å². The van der Waals surface area contributed by atoms with Crippen LogP contribution in [-0.2, 0) is 4.79 Å². The van der Waals surface area contributed by atoms with Gasteiger partial charge in [-0.05, 0) is 32.0 Å². The minimum Gasteiger partial charge on any atom is -0.481 e. The first-order valence-electron chi connectivity index (χ1n) is 8.72. The van der Waals surface area contributed by atoms with Crippen molar-refractivity contribution in [3.63, 3.8) is 0 Å². The number of aromatic nitrogens is 1. The molecule has 1 amide bonds. The average molecular weight is 340 g/mol. The Hall–Kier alpha value is -2.56. The van der Waals surface area contributed by atoms with Crippen LogP contribution < -0.4 is 9.47 Å². The number of pyridine rings is 1. The number of ether oxygens (including phenoxy) is 2. The van der Waals surface area contributed by atoms with Crippen LogP contribution in [0.4, 0.5) is 0 Å². The van der Waals surface area contributed by atoms with Gasteiger partial charge < -0.3 is 14.4 Å². The highest BCUT2D eigenvalue weighted by Crippen LogP contribution is 2.19. The van der Waals surface area contributed by atoms with Crippen molar-refractivity contribution in [2.24, 2.45) is 0 Å². The van der Waals surface area contributed by atoms with E-state index in [9.17, 15) is 4.79 Å². The highest BCUT2D eigenvalue weighted by atomic mass is 16.5. The molecule has 1 aromatic heterocycles. The highest BCUT2D eigenvalue weighted by Gasteiger charge is 2.28. The molecule has 0 bridgehead atoms. The van der Waals surface area contributed by atoms with Crippen LogP contribution in [0.15, 0.2) is 48.5 Å². The lowest BCUT2D eigenvalue weighted by Gasteiger charge is -2.33. The molecule has 5 heteroatoms. The van der Waals surface area contributed by atoms with Crippen molar-refractivity contribution in [1.82, 2.24) is 9.88 Å². The Morgan fingerprint density at radius 1 is 1.12 bits per heavy atom. The molecular weight excluding hydrogens is 316 g/mol. The number of para-hydroxylation sites is 1. The van der Waals surface area contributed by atoms with E-state index in [1.165, 1.54) is 0 Å². The number of carbonyl (C=O) groups is 1. The molecule has 2 aromatic rings. The Bertz CT molecular complexity index is 697. The fourth-order valence-corrected chi connectivity index (χ4v) is 2.96. The first kappa shape index (κ1) is 17.3. The standard InChI is InChI=1S/C20H24N2O3/c1-15-7-6-10-19(21-15)25-18-11-13-22(14-12-18)20(23)16(2)24-17-8-4-3-5-9-17/h3-10,16,18H,11-14H2,1-2H3/t16-/m1/s1. The third kappa shape index (κ3) is 4.72. The first-order chi connectivity index (χ1) is 12.1. The summed E-state index contributed by atoms with van der Waals surface area (Å²) in [4.78, 5) is 18.8. The van der Waals surface area contributed by atoms with Gasteiger partial charge in [0.2, 0.25) is 5.88 Å². The quantitative estimate of drug-likeness (QED) is 0.838. The number of benzene rings is 1. The molecule has 1 aromatic carbocycles. The molecule has 2 heterocycles. The van der Waals surface area contributed by atoms with Gasteiger partial charge in [0.1, 0.15) is 11.9 Å². The van der Waals surface area contributed by atoms with Crippen molar-refractivity contribution in [3.05, 3.63) is 54.2 Å². The minimum atomic E-state index is -0.488. The van der Waals surface area contributed by atoms with Crippen molar-refractivity contribution in [2.45, 2.75) is 38.9 Å². The van der Waals surface area contributed by atoms with E-state index in [-0.39, 0.29) is 12.0 Å². The molecule has 0 radical (unpaired) electrons.